The molecule has 0 aromatic rings. The van der Waals surface area contributed by atoms with Crippen LogP contribution in [0.1, 0.15) is 13.3 Å². The van der Waals surface area contributed by atoms with E-state index >= 15 is 0 Å². The highest BCUT2D eigenvalue weighted by molar-refractivity contribution is 14.1. The molecule has 0 N–H and O–H groups in total. The van der Waals surface area contributed by atoms with E-state index in [0.29, 0.717) is 12.6 Å². The molecular formula is C12H19BIN2O2. The number of rotatable bonds is 7. The molecule has 18 heavy (non-hydrogen) atoms. The van der Waals surface area contributed by atoms with Gasteiger partial charge in [0, 0.05) is 23.2 Å². The molecule has 1 rings (SSSR count). The number of hydrogen-bond donors (Lipinski definition) is 0. The summed E-state index contributed by atoms with van der Waals surface area (Å²) in [6, 6.07) is 0.454. The van der Waals surface area contributed by atoms with Crippen LogP contribution in [0.2, 0.25) is 0 Å². The Balaban J connectivity index is 2.74. The summed E-state index contributed by atoms with van der Waals surface area (Å²) in [4.78, 5) is 18.3. The molecule has 99 valence electrons. The molecule has 2 atom stereocenters. The summed E-state index contributed by atoms with van der Waals surface area (Å²) < 4.78 is 1.25. The van der Waals surface area contributed by atoms with Crippen molar-refractivity contribution in [2.24, 2.45) is 0 Å². The topological polar surface area (TPSA) is 32.8 Å². The molecule has 0 aromatic heterocycles. The Morgan fingerprint density at radius 3 is 3.06 bits per heavy atom. The normalized spacial score (nSPS) is 24.8. The van der Waals surface area contributed by atoms with Crippen LogP contribution >= 0.6 is 22.6 Å². The van der Waals surface area contributed by atoms with Crippen LogP contribution in [-0.4, -0.2) is 55.8 Å². The number of halogens is 1. The van der Waals surface area contributed by atoms with E-state index in [1.54, 1.807) is 13.5 Å². The molecular weight excluding hydrogens is 342 g/mol. The Hall–Kier alpha value is -0.175. The van der Waals surface area contributed by atoms with Crippen LogP contribution in [0.3, 0.4) is 0 Å². The maximum Gasteiger partial charge on any atom is 0.293 e. The van der Waals surface area contributed by atoms with Gasteiger partial charge in [0.05, 0.1) is 18.8 Å². The summed E-state index contributed by atoms with van der Waals surface area (Å²) in [6.45, 7) is 7.01. The van der Waals surface area contributed by atoms with Crippen molar-refractivity contribution in [2.75, 3.05) is 20.2 Å². The molecule has 0 aromatic carbocycles. The van der Waals surface area contributed by atoms with Gasteiger partial charge in [-0.25, -0.2) is 0 Å². The Bertz CT molecular complexity index is 325. The van der Waals surface area contributed by atoms with Gasteiger partial charge in [0.2, 0.25) is 0 Å². The van der Waals surface area contributed by atoms with Crippen molar-refractivity contribution >= 4 is 36.2 Å². The van der Waals surface area contributed by atoms with Crippen LogP contribution < -0.4 is 0 Å². The monoisotopic (exact) mass is 361 g/mol. The molecule has 0 fully saturated rings. The second-order valence-electron chi connectivity index (χ2n) is 4.16. The highest BCUT2D eigenvalue weighted by atomic mass is 127. The maximum absolute atomic E-state index is 10.7. The van der Waals surface area contributed by atoms with Gasteiger partial charge < -0.3 is 9.61 Å². The number of likely N-dealkylation sites (N-methyl/N-ethyl adjacent to an activating group) is 1. The minimum Gasteiger partial charge on any atom is -0.332 e. The van der Waals surface area contributed by atoms with Crippen LogP contribution in [0.25, 0.3) is 0 Å². The smallest absolute Gasteiger partial charge is 0.293 e. The van der Waals surface area contributed by atoms with Gasteiger partial charge in [0.25, 0.3) is 7.41 Å². The minimum atomic E-state index is 0.157. The third kappa shape index (κ3) is 4.19. The lowest BCUT2D eigenvalue weighted by Gasteiger charge is -2.39. The Morgan fingerprint density at radius 2 is 2.50 bits per heavy atom. The van der Waals surface area contributed by atoms with E-state index in [4.69, 9.17) is 4.84 Å². The largest absolute Gasteiger partial charge is 0.332 e. The Labute approximate surface area is 123 Å². The second-order valence-corrected chi connectivity index (χ2v) is 5.40. The lowest BCUT2D eigenvalue weighted by molar-refractivity contribution is -0.150. The van der Waals surface area contributed by atoms with Crippen molar-refractivity contribution in [3.63, 3.8) is 0 Å². The fourth-order valence-electron chi connectivity index (χ4n) is 1.96. The van der Waals surface area contributed by atoms with Crippen molar-refractivity contribution in [1.29, 1.82) is 0 Å². The quantitative estimate of drug-likeness (QED) is 0.227. The van der Waals surface area contributed by atoms with Gasteiger partial charge in [-0.3, -0.25) is 4.84 Å². The number of hydrogen-bond acceptors (Lipinski definition) is 4. The lowest BCUT2D eigenvalue weighted by Crippen LogP contribution is -2.51. The first kappa shape index (κ1) is 15.9. The zero-order valence-electron chi connectivity index (χ0n) is 10.9. The summed E-state index contributed by atoms with van der Waals surface area (Å²) in [5.74, 6) is 0. The highest BCUT2D eigenvalue weighted by Crippen LogP contribution is 2.26. The Kier molecular flexibility index (Phi) is 7.14. The molecule has 1 heterocycles. The van der Waals surface area contributed by atoms with E-state index in [2.05, 4.69) is 47.0 Å². The van der Waals surface area contributed by atoms with Gasteiger partial charge in [0.15, 0.2) is 0 Å². The van der Waals surface area contributed by atoms with Gasteiger partial charge >= 0.3 is 0 Å². The number of nitrogens with zero attached hydrogens (tertiary/aromatic N) is 2. The molecule has 4 nitrogen and oxygen atoms in total. The molecule has 0 unspecified atom stereocenters. The third-order valence-electron chi connectivity index (χ3n) is 2.99. The second kappa shape index (κ2) is 8.09. The fourth-order valence-corrected chi connectivity index (χ4v) is 2.97. The van der Waals surface area contributed by atoms with Gasteiger partial charge in [-0.05, 0) is 29.0 Å². The van der Waals surface area contributed by atoms with Crippen LogP contribution in [0.5, 0.6) is 0 Å². The standard InChI is InChI=1S/C12H19BIN2O2/c1-4-6-18-15(3)12-8-16(13-9-17)10(5-2)7-11(12)14/h4,7,9-10,12H,1,5-6,8H2,2-3H3/t10-,12+/m1/s1. The lowest BCUT2D eigenvalue weighted by atomic mass is 9.87. The number of hydroxylamine groups is 2. The van der Waals surface area contributed by atoms with Crippen molar-refractivity contribution in [3.8, 4) is 0 Å². The SMILES string of the molecule is C=CCON(C)[C@H]1CN([B]C=O)[C@H](CC)C=C1I. The van der Waals surface area contributed by atoms with E-state index in [1.165, 1.54) is 3.58 Å². The third-order valence-corrected chi connectivity index (χ3v) is 4.06. The molecule has 0 saturated carbocycles. The summed E-state index contributed by atoms with van der Waals surface area (Å²) in [6.07, 6.45) is 5.75. The number of carbonyl (C=O) groups is 1. The molecule has 1 aliphatic heterocycles. The molecule has 0 saturated heterocycles. The summed E-state index contributed by atoms with van der Waals surface area (Å²) in [5.41, 5.74) is 0. The van der Waals surface area contributed by atoms with Crippen molar-refractivity contribution in [1.82, 2.24) is 9.87 Å². The number of carbonyl (C=O) groups excluding carboxylic acids is 1. The molecule has 0 amide bonds. The van der Waals surface area contributed by atoms with Gasteiger partial charge in [0.1, 0.15) is 0 Å². The van der Waals surface area contributed by atoms with Crippen LogP contribution in [0.4, 0.5) is 0 Å². The van der Waals surface area contributed by atoms with Crippen LogP contribution in [-0.2, 0) is 9.63 Å². The minimum absolute atomic E-state index is 0.157. The average molecular weight is 361 g/mol. The van der Waals surface area contributed by atoms with Crippen molar-refractivity contribution in [2.45, 2.75) is 25.4 Å². The average Bonchev–Trinajstić information content (AvgIpc) is 2.37. The molecule has 0 aliphatic carbocycles. The first-order valence-corrected chi connectivity index (χ1v) is 7.10. The molecule has 1 radical (unpaired) electrons. The van der Waals surface area contributed by atoms with Gasteiger partial charge in [-0.15, -0.1) is 6.58 Å². The predicted octanol–water partition coefficient (Wildman–Crippen LogP) is 1.63. The van der Waals surface area contributed by atoms with Crippen molar-refractivity contribution < 1.29 is 9.63 Å². The fraction of sp³-hybridized carbons (Fsp3) is 0.583. The molecule has 0 bridgehead atoms. The molecule has 0 spiro atoms. The molecule has 1 aliphatic rings. The highest BCUT2D eigenvalue weighted by Gasteiger charge is 2.30. The Morgan fingerprint density at radius 1 is 1.78 bits per heavy atom. The summed E-state index contributed by atoms with van der Waals surface area (Å²) in [5, 5.41) is 1.83. The van der Waals surface area contributed by atoms with Gasteiger partial charge in [-0.2, -0.15) is 5.06 Å². The van der Waals surface area contributed by atoms with E-state index in [-0.39, 0.29) is 6.04 Å². The van der Waals surface area contributed by atoms with Crippen molar-refractivity contribution in [3.05, 3.63) is 22.3 Å². The molecule has 6 heteroatoms. The first-order valence-electron chi connectivity index (χ1n) is 6.02. The van der Waals surface area contributed by atoms with E-state index in [0.717, 1.165) is 19.2 Å². The van der Waals surface area contributed by atoms with E-state index in [9.17, 15) is 4.79 Å². The van der Waals surface area contributed by atoms with E-state index in [1.807, 2.05) is 12.1 Å². The summed E-state index contributed by atoms with van der Waals surface area (Å²) in [7, 11) is 3.52. The van der Waals surface area contributed by atoms with Crippen LogP contribution in [0, 0.1) is 0 Å². The zero-order valence-corrected chi connectivity index (χ0v) is 13.0. The predicted molar refractivity (Wildman–Crippen MR) is 83.1 cm³/mol. The van der Waals surface area contributed by atoms with Crippen LogP contribution in [0.15, 0.2) is 22.3 Å². The zero-order chi connectivity index (χ0) is 13.5. The van der Waals surface area contributed by atoms with E-state index < -0.39 is 0 Å². The summed E-state index contributed by atoms with van der Waals surface area (Å²) >= 11 is 2.35. The maximum atomic E-state index is 10.7. The van der Waals surface area contributed by atoms with Gasteiger partial charge in [-0.1, -0.05) is 19.1 Å². The first-order chi connectivity index (χ1) is 8.63.